The highest BCUT2D eigenvalue weighted by Gasteiger charge is 2.06. The molecule has 0 aliphatic heterocycles. The first-order valence-corrected chi connectivity index (χ1v) is 5.95. The summed E-state index contributed by atoms with van der Waals surface area (Å²) in [6.45, 7) is 4.36. The Labute approximate surface area is 107 Å². The van der Waals surface area contributed by atoms with Crippen LogP contribution in [0, 0.1) is 0 Å². The van der Waals surface area contributed by atoms with E-state index in [4.69, 9.17) is 17.3 Å². The molecule has 0 unspecified atom stereocenters. The summed E-state index contributed by atoms with van der Waals surface area (Å²) >= 11 is 5.99. The molecular weight excluding hydrogens is 238 g/mol. The van der Waals surface area contributed by atoms with E-state index in [0.717, 1.165) is 0 Å². The van der Waals surface area contributed by atoms with Crippen molar-refractivity contribution in [2.24, 2.45) is 0 Å². The van der Waals surface area contributed by atoms with Gasteiger partial charge in [-0.15, -0.1) is 0 Å². The number of nitrogen functional groups attached to an aromatic ring is 1. The van der Waals surface area contributed by atoms with Gasteiger partial charge in [-0.05, 0) is 26.0 Å². The number of amides is 1. The van der Waals surface area contributed by atoms with E-state index in [1.165, 1.54) is 0 Å². The molecule has 0 saturated heterocycles. The number of para-hydroxylation sites is 1. The van der Waals surface area contributed by atoms with Crippen LogP contribution in [0.1, 0.15) is 20.3 Å². The highest BCUT2D eigenvalue weighted by Crippen LogP contribution is 2.27. The van der Waals surface area contributed by atoms with Crippen molar-refractivity contribution in [3.8, 4) is 0 Å². The number of benzene rings is 1. The number of anilines is 2. The zero-order valence-corrected chi connectivity index (χ0v) is 10.8. The van der Waals surface area contributed by atoms with Crippen LogP contribution in [0.4, 0.5) is 11.4 Å². The van der Waals surface area contributed by atoms with E-state index in [-0.39, 0.29) is 11.9 Å². The number of nitrogens with two attached hydrogens (primary N) is 1. The molecule has 0 aliphatic rings. The summed E-state index contributed by atoms with van der Waals surface area (Å²) in [5.41, 5.74) is 7.04. The van der Waals surface area contributed by atoms with Gasteiger partial charge < -0.3 is 16.4 Å². The third-order valence-corrected chi connectivity index (χ3v) is 2.46. The molecular formula is C12H18ClN3O. The number of rotatable bonds is 5. The summed E-state index contributed by atoms with van der Waals surface area (Å²) in [4.78, 5) is 11.4. The number of nitrogens with one attached hydrogen (secondary N) is 2. The van der Waals surface area contributed by atoms with Crippen LogP contribution >= 0.6 is 11.6 Å². The van der Waals surface area contributed by atoms with Crippen LogP contribution in [0.5, 0.6) is 0 Å². The molecule has 5 heteroatoms. The third-order valence-electron chi connectivity index (χ3n) is 2.15. The van der Waals surface area contributed by atoms with Crippen LogP contribution in [-0.4, -0.2) is 18.5 Å². The SMILES string of the molecule is CC(C)NC(=O)CCNc1c(N)cccc1Cl. The molecule has 0 fully saturated rings. The minimum atomic E-state index is 0.0122. The molecule has 1 rings (SSSR count). The summed E-state index contributed by atoms with van der Waals surface area (Å²) < 4.78 is 0. The molecule has 1 aromatic rings. The maximum Gasteiger partial charge on any atom is 0.221 e. The van der Waals surface area contributed by atoms with Crippen molar-refractivity contribution in [2.75, 3.05) is 17.6 Å². The van der Waals surface area contributed by atoms with Crippen molar-refractivity contribution in [1.82, 2.24) is 5.32 Å². The molecule has 1 amide bonds. The number of hydrogen-bond donors (Lipinski definition) is 3. The Morgan fingerprint density at radius 2 is 2.18 bits per heavy atom. The molecule has 0 spiro atoms. The molecule has 0 aliphatic carbocycles. The van der Waals surface area contributed by atoms with Crippen molar-refractivity contribution in [2.45, 2.75) is 26.3 Å². The predicted molar refractivity (Wildman–Crippen MR) is 72.2 cm³/mol. The van der Waals surface area contributed by atoms with E-state index in [1.807, 2.05) is 13.8 Å². The molecule has 4 N–H and O–H groups in total. The quantitative estimate of drug-likeness (QED) is 0.707. The van der Waals surface area contributed by atoms with Crippen LogP contribution in [-0.2, 0) is 4.79 Å². The normalized spacial score (nSPS) is 10.4. The van der Waals surface area contributed by atoms with Crippen LogP contribution < -0.4 is 16.4 Å². The fraction of sp³-hybridized carbons (Fsp3) is 0.417. The Balaban J connectivity index is 2.43. The molecule has 0 heterocycles. The van der Waals surface area contributed by atoms with Gasteiger partial charge in [-0.3, -0.25) is 4.79 Å². The lowest BCUT2D eigenvalue weighted by Crippen LogP contribution is -2.31. The minimum absolute atomic E-state index is 0.0122. The highest BCUT2D eigenvalue weighted by atomic mass is 35.5. The Hall–Kier alpha value is -1.42. The van der Waals surface area contributed by atoms with Crippen LogP contribution in [0.2, 0.25) is 5.02 Å². The fourth-order valence-corrected chi connectivity index (χ4v) is 1.67. The number of carbonyl (C=O) groups excluding carboxylic acids is 1. The zero-order chi connectivity index (χ0) is 12.8. The van der Waals surface area contributed by atoms with Crippen molar-refractivity contribution in [3.05, 3.63) is 23.2 Å². The molecule has 4 nitrogen and oxygen atoms in total. The van der Waals surface area contributed by atoms with E-state index in [0.29, 0.717) is 29.4 Å². The van der Waals surface area contributed by atoms with Gasteiger partial charge in [0.25, 0.3) is 0 Å². The van der Waals surface area contributed by atoms with E-state index >= 15 is 0 Å². The predicted octanol–water partition coefficient (Wildman–Crippen LogP) is 2.25. The van der Waals surface area contributed by atoms with Crippen LogP contribution in [0.25, 0.3) is 0 Å². The van der Waals surface area contributed by atoms with Crippen LogP contribution in [0.15, 0.2) is 18.2 Å². The van der Waals surface area contributed by atoms with Crippen molar-refractivity contribution in [3.63, 3.8) is 0 Å². The summed E-state index contributed by atoms with van der Waals surface area (Å²) in [6, 6.07) is 5.47. The van der Waals surface area contributed by atoms with E-state index in [2.05, 4.69) is 10.6 Å². The molecule has 17 heavy (non-hydrogen) atoms. The van der Waals surface area contributed by atoms with Crippen LogP contribution in [0.3, 0.4) is 0 Å². The topological polar surface area (TPSA) is 67.2 Å². The third kappa shape index (κ3) is 4.53. The van der Waals surface area contributed by atoms with E-state index in [9.17, 15) is 4.79 Å². The van der Waals surface area contributed by atoms with E-state index < -0.39 is 0 Å². The standard InChI is InChI=1S/C12H18ClN3O/c1-8(2)16-11(17)6-7-15-12-9(13)4-3-5-10(12)14/h3-5,8,15H,6-7,14H2,1-2H3,(H,16,17). The van der Waals surface area contributed by atoms with Gasteiger partial charge in [-0.2, -0.15) is 0 Å². The fourth-order valence-electron chi connectivity index (χ4n) is 1.42. The first-order valence-electron chi connectivity index (χ1n) is 5.58. The molecule has 0 bridgehead atoms. The largest absolute Gasteiger partial charge is 0.397 e. The lowest BCUT2D eigenvalue weighted by Gasteiger charge is -2.12. The Morgan fingerprint density at radius 1 is 1.47 bits per heavy atom. The first kappa shape index (κ1) is 13.6. The maximum absolute atomic E-state index is 11.4. The highest BCUT2D eigenvalue weighted by molar-refractivity contribution is 6.33. The van der Waals surface area contributed by atoms with Gasteiger partial charge in [0.15, 0.2) is 0 Å². The second-order valence-electron chi connectivity index (χ2n) is 4.10. The first-order chi connectivity index (χ1) is 8.00. The van der Waals surface area contributed by atoms with Crippen molar-refractivity contribution >= 4 is 28.9 Å². The van der Waals surface area contributed by atoms with Gasteiger partial charge in [0, 0.05) is 19.0 Å². The van der Waals surface area contributed by atoms with E-state index in [1.54, 1.807) is 18.2 Å². The van der Waals surface area contributed by atoms with Crippen molar-refractivity contribution < 1.29 is 4.79 Å². The lowest BCUT2D eigenvalue weighted by atomic mass is 10.2. The monoisotopic (exact) mass is 255 g/mol. The molecule has 0 atom stereocenters. The molecule has 0 radical (unpaired) electrons. The molecule has 94 valence electrons. The van der Waals surface area contributed by atoms with Gasteiger partial charge in [0.2, 0.25) is 5.91 Å². The average Bonchev–Trinajstić information content (AvgIpc) is 2.21. The Kier molecular flexibility index (Phi) is 5.10. The summed E-state index contributed by atoms with van der Waals surface area (Å²) in [7, 11) is 0. The smallest absolute Gasteiger partial charge is 0.221 e. The Morgan fingerprint density at radius 3 is 2.76 bits per heavy atom. The molecule has 1 aromatic carbocycles. The molecule has 0 aromatic heterocycles. The van der Waals surface area contributed by atoms with Gasteiger partial charge in [-0.25, -0.2) is 0 Å². The summed E-state index contributed by atoms with van der Waals surface area (Å²) in [6.07, 6.45) is 0.392. The number of carbonyl (C=O) groups is 1. The molecule has 0 saturated carbocycles. The number of hydrogen-bond acceptors (Lipinski definition) is 3. The number of halogens is 1. The lowest BCUT2D eigenvalue weighted by molar-refractivity contribution is -0.121. The second kappa shape index (κ2) is 6.35. The zero-order valence-electron chi connectivity index (χ0n) is 10.1. The Bertz CT molecular complexity index is 373. The minimum Gasteiger partial charge on any atom is -0.397 e. The maximum atomic E-state index is 11.4. The summed E-state index contributed by atoms with van der Waals surface area (Å²) in [5.74, 6) is 0.0122. The van der Waals surface area contributed by atoms with Gasteiger partial charge >= 0.3 is 0 Å². The average molecular weight is 256 g/mol. The summed E-state index contributed by atoms with van der Waals surface area (Å²) in [5, 5.41) is 6.45. The van der Waals surface area contributed by atoms with Gasteiger partial charge in [0.05, 0.1) is 16.4 Å². The van der Waals surface area contributed by atoms with Gasteiger partial charge in [-0.1, -0.05) is 17.7 Å². The van der Waals surface area contributed by atoms with Crippen molar-refractivity contribution in [1.29, 1.82) is 0 Å². The van der Waals surface area contributed by atoms with Gasteiger partial charge in [0.1, 0.15) is 0 Å². The second-order valence-corrected chi connectivity index (χ2v) is 4.51.